The van der Waals surface area contributed by atoms with E-state index in [2.05, 4.69) is 4.98 Å². The van der Waals surface area contributed by atoms with E-state index in [0.29, 0.717) is 17.5 Å². The number of aryl methyl sites for hydroxylation is 2. The Morgan fingerprint density at radius 2 is 1.81 bits per heavy atom. The molecule has 0 aliphatic rings. The predicted molar refractivity (Wildman–Crippen MR) is 73.1 cm³/mol. The second-order valence-corrected chi connectivity index (χ2v) is 4.81. The van der Waals surface area contributed by atoms with Gasteiger partial charge in [0.15, 0.2) is 5.78 Å². The molecule has 1 aromatic heterocycles. The summed E-state index contributed by atoms with van der Waals surface area (Å²) in [6.45, 7) is 1.52. The minimum Gasteiger partial charge on any atom is -0.294 e. The molecule has 0 aliphatic heterocycles. The van der Waals surface area contributed by atoms with Gasteiger partial charge in [0, 0.05) is 24.4 Å². The fourth-order valence-corrected chi connectivity index (χ4v) is 2.09. The highest BCUT2D eigenvalue weighted by Gasteiger charge is 2.30. The van der Waals surface area contributed by atoms with E-state index in [4.69, 9.17) is 0 Å². The minimum atomic E-state index is -4.39. The lowest BCUT2D eigenvalue weighted by Gasteiger charge is -2.10. The summed E-state index contributed by atoms with van der Waals surface area (Å²) in [4.78, 5) is 16.0. The zero-order chi connectivity index (χ0) is 15.5. The molecule has 0 amide bonds. The molecule has 2 rings (SSSR count). The third-order valence-corrected chi connectivity index (χ3v) is 3.24. The first kappa shape index (κ1) is 15.2. The number of hydrogen-bond acceptors (Lipinski definition) is 2. The number of ketones is 1. The molecule has 1 heterocycles. The Bertz CT molecular complexity index is 636. The molecule has 110 valence electrons. The van der Waals surface area contributed by atoms with Gasteiger partial charge in [0.2, 0.25) is 0 Å². The number of carbonyl (C=O) groups excluding carboxylic acids is 1. The maximum atomic E-state index is 12.6. The molecular formula is C16H14F3NO. The largest absolute Gasteiger partial charge is 0.416 e. The smallest absolute Gasteiger partial charge is 0.294 e. The van der Waals surface area contributed by atoms with Crippen molar-refractivity contribution in [3.8, 4) is 0 Å². The average molecular weight is 293 g/mol. The summed E-state index contributed by atoms with van der Waals surface area (Å²) in [6, 6.07) is 6.85. The van der Waals surface area contributed by atoms with Gasteiger partial charge in [-0.05, 0) is 48.7 Å². The van der Waals surface area contributed by atoms with Crippen molar-refractivity contribution in [2.24, 2.45) is 0 Å². The maximum absolute atomic E-state index is 12.6. The highest BCUT2D eigenvalue weighted by Crippen LogP contribution is 2.30. The zero-order valence-corrected chi connectivity index (χ0v) is 11.4. The molecule has 0 N–H and O–H groups in total. The average Bonchev–Trinajstić information content (AvgIpc) is 2.45. The van der Waals surface area contributed by atoms with Crippen LogP contribution in [0.3, 0.4) is 0 Å². The SMILES string of the molecule is Cc1cc(C(F)(F)F)ccc1C(=O)CCc1ccncc1. The summed E-state index contributed by atoms with van der Waals surface area (Å²) in [7, 11) is 0. The van der Waals surface area contributed by atoms with Gasteiger partial charge in [0.1, 0.15) is 0 Å². The van der Waals surface area contributed by atoms with E-state index in [0.717, 1.165) is 17.7 Å². The quantitative estimate of drug-likeness (QED) is 0.790. The van der Waals surface area contributed by atoms with E-state index in [1.54, 1.807) is 12.4 Å². The van der Waals surface area contributed by atoms with Crippen molar-refractivity contribution in [2.75, 3.05) is 0 Å². The van der Waals surface area contributed by atoms with Crippen LogP contribution >= 0.6 is 0 Å². The molecule has 0 spiro atoms. The normalized spacial score (nSPS) is 11.4. The van der Waals surface area contributed by atoms with E-state index < -0.39 is 11.7 Å². The molecule has 0 unspecified atom stereocenters. The molecule has 2 nitrogen and oxygen atoms in total. The van der Waals surface area contributed by atoms with E-state index in [1.807, 2.05) is 12.1 Å². The number of halogens is 3. The number of pyridine rings is 1. The van der Waals surface area contributed by atoms with Gasteiger partial charge in [-0.3, -0.25) is 9.78 Å². The van der Waals surface area contributed by atoms with Gasteiger partial charge in [-0.2, -0.15) is 13.2 Å². The van der Waals surface area contributed by atoms with Crippen LogP contribution in [0.25, 0.3) is 0 Å². The number of alkyl halides is 3. The lowest BCUT2D eigenvalue weighted by atomic mass is 9.98. The molecular weight excluding hydrogens is 279 g/mol. The summed E-state index contributed by atoms with van der Waals surface area (Å²) in [6.07, 6.45) is -0.298. The van der Waals surface area contributed by atoms with E-state index in [1.165, 1.54) is 13.0 Å². The third-order valence-electron chi connectivity index (χ3n) is 3.24. The van der Waals surface area contributed by atoms with Crippen molar-refractivity contribution < 1.29 is 18.0 Å². The summed E-state index contributed by atoms with van der Waals surface area (Å²) in [5, 5.41) is 0. The fourth-order valence-electron chi connectivity index (χ4n) is 2.09. The fraction of sp³-hybridized carbons (Fsp3) is 0.250. The Morgan fingerprint density at radius 3 is 2.38 bits per heavy atom. The van der Waals surface area contributed by atoms with Crippen LogP contribution in [-0.4, -0.2) is 10.8 Å². The second kappa shape index (κ2) is 6.08. The summed E-state index contributed by atoms with van der Waals surface area (Å²) >= 11 is 0. The number of carbonyl (C=O) groups is 1. The van der Waals surface area contributed by atoms with Crippen LogP contribution in [0.4, 0.5) is 13.2 Å². The molecule has 2 aromatic rings. The molecule has 5 heteroatoms. The van der Waals surface area contributed by atoms with Crippen LogP contribution in [0, 0.1) is 6.92 Å². The van der Waals surface area contributed by atoms with Crippen LogP contribution in [0.2, 0.25) is 0 Å². The van der Waals surface area contributed by atoms with E-state index >= 15 is 0 Å². The summed E-state index contributed by atoms with van der Waals surface area (Å²) in [5.74, 6) is -0.155. The lowest BCUT2D eigenvalue weighted by Crippen LogP contribution is -2.08. The van der Waals surface area contributed by atoms with Crippen molar-refractivity contribution in [1.82, 2.24) is 4.98 Å². The third kappa shape index (κ3) is 3.90. The molecule has 1 aromatic carbocycles. The van der Waals surface area contributed by atoms with Gasteiger partial charge in [0.05, 0.1) is 5.56 Å². The Kier molecular flexibility index (Phi) is 4.40. The Morgan fingerprint density at radius 1 is 1.14 bits per heavy atom. The lowest BCUT2D eigenvalue weighted by molar-refractivity contribution is -0.137. The van der Waals surface area contributed by atoms with Gasteiger partial charge in [-0.25, -0.2) is 0 Å². The number of rotatable bonds is 4. The van der Waals surface area contributed by atoms with E-state index in [-0.39, 0.29) is 12.2 Å². The van der Waals surface area contributed by atoms with Crippen molar-refractivity contribution in [2.45, 2.75) is 25.9 Å². The van der Waals surface area contributed by atoms with Gasteiger partial charge >= 0.3 is 6.18 Å². The van der Waals surface area contributed by atoms with Crippen molar-refractivity contribution in [1.29, 1.82) is 0 Å². The first-order chi connectivity index (χ1) is 9.88. The molecule has 0 saturated carbocycles. The molecule has 0 fully saturated rings. The molecule has 21 heavy (non-hydrogen) atoms. The monoisotopic (exact) mass is 293 g/mol. The number of Topliss-reactive ketones (excluding diaryl/α,β-unsaturated/α-hetero) is 1. The predicted octanol–water partition coefficient (Wildman–Crippen LogP) is 4.22. The number of aromatic nitrogens is 1. The van der Waals surface area contributed by atoms with Crippen molar-refractivity contribution in [3.05, 3.63) is 65.0 Å². The molecule has 0 saturated heterocycles. The Balaban J connectivity index is 2.09. The topological polar surface area (TPSA) is 30.0 Å². The summed E-state index contributed by atoms with van der Waals surface area (Å²) in [5.41, 5.74) is 0.940. The highest BCUT2D eigenvalue weighted by molar-refractivity contribution is 5.97. The second-order valence-electron chi connectivity index (χ2n) is 4.81. The molecule has 0 atom stereocenters. The number of hydrogen-bond donors (Lipinski definition) is 0. The van der Waals surface area contributed by atoms with Crippen LogP contribution in [-0.2, 0) is 12.6 Å². The Hall–Kier alpha value is -2.17. The van der Waals surface area contributed by atoms with Crippen molar-refractivity contribution in [3.63, 3.8) is 0 Å². The van der Waals surface area contributed by atoms with Crippen LogP contribution in [0.1, 0.15) is 33.5 Å². The van der Waals surface area contributed by atoms with Crippen molar-refractivity contribution >= 4 is 5.78 Å². The van der Waals surface area contributed by atoms with Crippen LogP contribution < -0.4 is 0 Å². The zero-order valence-electron chi connectivity index (χ0n) is 11.4. The molecule has 0 aliphatic carbocycles. The minimum absolute atomic E-state index is 0.155. The number of nitrogens with zero attached hydrogens (tertiary/aromatic N) is 1. The Labute approximate surface area is 120 Å². The van der Waals surface area contributed by atoms with E-state index in [9.17, 15) is 18.0 Å². The van der Waals surface area contributed by atoms with Crippen LogP contribution in [0.5, 0.6) is 0 Å². The van der Waals surface area contributed by atoms with Crippen LogP contribution in [0.15, 0.2) is 42.7 Å². The molecule has 0 radical (unpaired) electrons. The highest BCUT2D eigenvalue weighted by atomic mass is 19.4. The first-order valence-electron chi connectivity index (χ1n) is 6.48. The van der Waals surface area contributed by atoms with Gasteiger partial charge in [0.25, 0.3) is 0 Å². The summed E-state index contributed by atoms with van der Waals surface area (Å²) < 4.78 is 37.7. The first-order valence-corrected chi connectivity index (χ1v) is 6.48. The van der Waals surface area contributed by atoms with Gasteiger partial charge < -0.3 is 0 Å². The van der Waals surface area contributed by atoms with Gasteiger partial charge in [-0.15, -0.1) is 0 Å². The van der Waals surface area contributed by atoms with Gasteiger partial charge in [-0.1, -0.05) is 6.07 Å². The maximum Gasteiger partial charge on any atom is 0.416 e. The number of benzene rings is 1. The standard InChI is InChI=1S/C16H14F3NO/c1-11-10-13(16(17,18)19)3-4-14(11)15(21)5-2-12-6-8-20-9-7-12/h3-4,6-10H,2,5H2,1H3. The molecule has 0 bridgehead atoms.